The van der Waals surface area contributed by atoms with E-state index in [0.29, 0.717) is 12.5 Å². The van der Waals surface area contributed by atoms with Crippen LogP contribution in [0.3, 0.4) is 0 Å². The number of hydrogen-bond donors (Lipinski definition) is 1. The van der Waals surface area contributed by atoms with Gasteiger partial charge in [0.05, 0.1) is 25.9 Å². The fourth-order valence-corrected chi connectivity index (χ4v) is 3.17. The molecular weight excluding hydrogens is 266 g/mol. The molecule has 1 N–H and O–H groups in total. The van der Waals surface area contributed by atoms with Crippen LogP contribution in [0.1, 0.15) is 12.8 Å². The van der Waals surface area contributed by atoms with E-state index in [0.717, 1.165) is 12.8 Å². The van der Waals surface area contributed by atoms with E-state index < -0.39 is 10.0 Å². The number of aromatic nitrogens is 2. The maximum atomic E-state index is 12.4. The van der Waals surface area contributed by atoms with Gasteiger partial charge in [0.2, 0.25) is 10.0 Å². The molecule has 1 saturated carbocycles. The van der Waals surface area contributed by atoms with Gasteiger partial charge < -0.3 is 5.11 Å². The van der Waals surface area contributed by atoms with Gasteiger partial charge in [-0.1, -0.05) is 5.92 Å². The van der Waals surface area contributed by atoms with E-state index in [-0.39, 0.29) is 24.6 Å². The summed E-state index contributed by atoms with van der Waals surface area (Å²) < 4.78 is 27.6. The Morgan fingerprint density at radius 2 is 2.32 bits per heavy atom. The summed E-state index contributed by atoms with van der Waals surface area (Å²) in [5, 5.41) is 12.7. The summed E-state index contributed by atoms with van der Waals surface area (Å²) in [6.07, 6.45) is 10.1. The van der Waals surface area contributed by atoms with Crippen LogP contribution in [0.5, 0.6) is 0 Å². The Labute approximate surface area is 113 Å². The molecule has 1 fully saturated rings. The zero-order valence-electron chi connectivity index (χ0n) is 10.6. The topological polar surface area (TPSA) is 75.4 Å². The first kappa shape index (κ1) is 14.1. The predicted molar refractivity (Wildman–Crippen MR) is 69.6 cm³/mol. The second-order valence-corrected chi connectivity index (χ2v) is 6.55. The highest BCUT2D eigenvalue weighted by atomic mass is 32.2. The molecule has 6 nitrogen and oxygen atoms in total. The highest BCUT2D eigenvalue weighted by Crippen LogP contribution is 2.31. The number of terminal acetylenes is 1. The molecule has 0 unspecified atom stereocenters. The maximum Gasteiger partial charge on any atom is 0.247 e. The first-order valence-electron chi connectivity index (χ1n) is 6.15. The van der Waals surface area contributed by atoms with Gasteiger partial charge in [0.15, 0.2) is 0 Å². The van der Waals surface area contributed by atoms with Crippen LogP contribution in [0.25, 0.3) is 0 Å². The van der Waals surface area contributed by atoms with Gasteiger partial charge >= 0.3 is 0 Å². The van der Waals surface area contributed by atoms with Gasteiger partial charge in [0.1, 0.15) is 4.90 Å². The molecule has 0 radical (unpaired) electrons. The summed E-state index contributed by atoms with van der Waals surface area (Å²) in [5.41, 5.74) is 0. The van der Waals surface area contributed by atoms with E-state index in [9.17, 15) is 8.42 Å². The number of hydrogen-bond acceptors (Lipinski definition) is 4. The van der Waals surface area contributed by atoms with Gasteiger partial charge in [0.25, 0.3) is 0 Å². The zero-order valence-corrected chi connectivity index (χ0v) is 11.4. The highest BCUT2D eigenvalue weighted by molar-refractivity contribution is 7.89. The average molecular weight is 283 g/mol. The van der Waals surface area contributed by atoms with Crippen molar-refractivity contribution in [1.29, 1.82) is 0 Å². The smallest absolute Gasteiger partial charge is 0.247 e. The van der Waals surface area contributed by atoms with Crippen LogP contribution < -0.4 is 0 Å². The van der Waals surface area contributed by atoms with Crippen molar-refractivity contribution in [3.8, 4) is 12.3 Å². The normalized spacial score (nSPS) is 15.6. The standard InChI is InChI=1S/C12H17N3O3S/c1-2-5-15(9-11-3-4-11)19(17,18)12-8-13-14(10-12)6-7-16/h1,8,10-11,16H,3-7,9H2. The molecule has 7 heteroatoms. The van der Waals surface area contributed by atoms with Crippen molar-refractivity contribution >= 4 is 10.0 Å². The second-order valence-electron chi connectivity index (χ2n) is 4.61. The Morgan fingerprint density at radius 3 is 2.89 bits per heavy atom. The van der Waals surface area contributed by atoms with Gasteiger partial charge in [-0.3, -0.25) is 4.68 Å². The number of aliphatic hydroxyl groups is 1. The van der Waals surface area contributed by atoms with Crippen molar-refractivity contribution in [2.45, 2.75) is 24.3 Å². The van der Waals surface area contributed by atoms with E-state index in [1.807, 2.05) is 0 Å². The van der Waals surface area contributed by atoms with Crippen LogP contribution >= 0.6 is 0 Å². The molecule has 0 amide bonds. The van der Waals surface area contributed by atoms with E-state index in [4.69, 9.17) is 11.5 Å². The third kappa shape index (κ3) is 3.35. The van der Waals surface area contributed by atoms with Gasteiger partial charge in [-0.2, -0.15) is 9.40 Å². The molecule has 2 rings (SSSR count). The molecular formula is C12H17N3O3S. The number of rotatable bonds is 7. The molecule has 1 aliphatic carbocycles. The summed E-state index contributed by atoms with van der Waals surface area (Å²) in [6.45, 7) is 0.728. The van der Waals surface area contributed by atoms with Crippen LogP contribution in [0.4, 0.5) is 0 Å². The van der Waals surface area contributed by atoms with Crippen LogP contribution in [0.15, 0.2) is 17.3 Å². The first-order valence-corrected chi connectivity index (χ1v) is 7.59. The molecule has 1 aliphatic rings. The molecule has 1 heterocycles. The van der Waals surface area contributed by atoms with Gasteiger partial charge in [-0.25, -0.2) is 8.42 Å². The monoisotopic (exact) mass is 283 g/mol. The van der Waals surface area contributed by atoms with Crippen molar-refractivity contribution in [3.05, 3.63) is 12.4 Å². The minimum atomic E-state index is -3.59. The molecule has 1 aromatic rings. The van der Waals surface area contributed by atoms with Crippen LogP contribution in [0, 0.1) is 18.3 Å². The van der Waals surface area contributed by atoms with Crippen molar-refractivity contribution in [2.75, 3.05) is 19.7 Å². The molecule has 0 aromatic carbocycles. The van der Waals surface area contributed by atoms with Crippen LogP contribution in [-0.2, 0) is 16.6 Å². The molecule has 1 aromatic heterocycles. The molecule has 0 aliphatic heterocycles. The summed E-state index contributed by atoms with van der Waals surface area (Å²) in [7, 11) is -3.59. The second kappa shape index (κ2) is 5.74. The fraction of sp³-hybridized carbons (Fsp3) is 0.583. The van der Waals surface area contributed by atoms with Crippen LogP contribution in [0.2, 0.25) is 0 Å². The molecule has 104 valence electrons. The summed E-state index contributed by atoms with van der Waals surface area (Å²) >= 11 is 0. The Morgan fingerprint density at radius 1 is 1.58 bits per heavy atom. The Hall–Kier alpha value is -1.36. The number of sulfonamides is 1. The average Bonchev–Trinajstić information content (AvgIpc) is 3.05. The number of nitrogens with zero attached hydrogens (tertiary/aromatic N) is 3. The molecule has 19 heavy (non-hydrogen) atoms. The summed E-state index contributed by atoms with van der Waals surface area (Å²) in [4.78, 5) is 0.122. The molecule has 0 saturated heterocycles. The molecule has 0 bridgehead atoms. The minimum absolute atomic E-state index is 0.0734. The Kier molecular flexibility index (Phi) is 4.24. The minimum Gasteiger partial charge on any atom is -0.394 e. The van der Waals surface area contributed by atoms with Crippen LogP contribution in [-0.4, -0.2) is 47.3 Å². The summed E-state index contributed by atoms with van der Waals surface area (Å²) in [6, 6.07) is 0. The SMILES string of the molecule is C#CCN(CC1CC1)S(=O)(=O)c1cnn(CCO)c1. The van der Waals surface area contributed by atoms with Crippen molar-refractivity contribution in [3.63, 3.8) is 0 Å². The third-order valence-electron chi connectivity index (χ3n) is 3.00. The predicted octanol–water partition coefficient (Wildman–Crippen LogP) is -0.0907. The quantitative estimate of drug-likeness (QED) is 0.710. The Balaban J connectivity index is 2.19. The largest absolute Gasteiger partial charge is 0.394 e. The summed E-state index contributed by atoms with van der Waals surface area (Å²) in [5.74, 6) is 2.81. The van der Waals surface area contributed by atoms with Gasteiger partial charge in [-0.05, 0) is 18.8 Å². The molecule has 0 atom stereocenters. The van der Waals surface area contributed by atoms with Gasteiger partial charge in [0, 0.05) is 12.7 Å². The zero-order chi connectivity index (χ0) is 13.9. The maximum absolute atomic E-state index is 12.4. The lowest BCUT2D eigenvalue weighted by atomic mass is 10.4. The highest BCUT2D eigenvalue weighted by Gasteiger charge is 2.31. The lowest BCUT2D eigenvalue weighted by Crippen LogP contribution is -2.33. The van der Waals surface area contributed by atoms with Crippen molar-refractivity contribution < 1.29 is 13.5 Å². The Bertz CT molecular complexity index is 569. The van der Waals surface area contributed by atoms with E-state index in [1.165, 1.54) is 21.4 Å². The first-order chi connectivity index (χ1) is 9.07. The third-order valence-corrected chi connectivity index (χ3v) is 4.77. The lowest BCUT2D eigenvalue weighted by molar-refractivity contribution is 0.269. The molecule has 0 spiro atoms. The van der Waals surface area contributed by atoms with E-state index in [2.05, 4.69) is 11.0 Å². The van der Waals surface area contributed by atoms with E-state index in [1.54, 1.807) is 0 Å². The lowest BCUT2D eigenvalue weighted by Gasteiger charge is -2.18. The van der Waals surface area contributed by atoms with Crippen molar-refractivity contribution in [1.82, 2.24) is 14.1 Å². The van der Waals surface area contributed by atoms with Gasteiger partial charge in [-0.15, -0.1) is 6.42 Å². The number of aliphatic hydroxyl groups excluding tert-OH is 1. The van der Waals surface area contributed by atoms with E-state index >= 15 is 0 Å². The fourth-order valence-electron chi connectivity index (χ4n) is 1.79. The van der Waals surface area contributed by atoms with Crippen molar-refractivity contribution in [2.24, 2.45) is 5.92 Å².